The van der Waals surface area contributed by atoms with E-state index < -0.39 is 5.41 Å². The average Bonchev–Trinajstić information content (AvgIpc) is 3.17. The molecule has 6 heteroatoms. The zero-order valence-electron chi connectivity index (χ0n) is 18.4. The fraction of sp³-hybridized carbons (Fsp3) is 0.360. The van der Waals surface area contributed by atoms with Crippen molar-refractivity contribution in [2.24, 2.45) is 0 Å². The minimum atomic E-state index is -0.404. The van der Waals surface area contributed by atoms with Gasteiger partial charge in [0.25, 0.3) is 0 Å². The number of hydrogen-bond donors (Lipinski definition) is 1. The number of ketones is 1. The number of H-pyrrole nitrogens is 1. The van der Waals surface area contributed by atoms with Crippen LogP contribution in [0.5, 0.6) is 5.75 Å². The monoisotopic (exact) mass is 414 g/mol. The lowest BCUT2D eigenvalue weighted by atomic mass is 9.71. The van der Waals surface area contributed by atoms with Crippen molar-refractivity contribution >= 4 is 22.4 Å². The number of carbonyl (C=O) groups excluding carboxylic acids is 1. The van der Waals surface area contributed by atoms with E-state index in [-0.39, 0.29) is 5.78 Å². The van der Waals surface area contributed by atoms with Crippen LogP contribution in [-0.2, 0) is 5.41 Å². The van der Waals surface area contributed by atoms with Gasteiger partial charge in [-0.1, -0.05) is 19.9 Å². The Balaban J connectivity index is 1.70. The molecule has 0 bridgehead atoms. The lowest BCUT2D eigenvalue weighted by Gasteiger charge is -2.37. The van der Waals surface area contributed by atoms with Crippen LogP contribution < -0.4 is 9.64 Å². The highest BCUT2D eigenvalue weighted by atomic mass is 16.5. The molecule has 2 aromatic carbocycles. The Morgan fingerprint density at radius 2 is 1.87 bits per heavy atom. The van der Waals surface area contributed by atoms with Gasteiger partial charge in [-0.3, -0.25) is 4.79 Å². The number of nitriles is 1. The number of anilines is 1. The highest BCUT2D eigenvalue weighted by molar-refractivity contribution is 6.20. The SMILES string of the molecule is COc1cc2c(cc1N1CCN(C)CC1)C(=O)c1c([nH]c3cc(C#N)ccc13)C2(C)C. The fourth-order valence-corrected chi connectivity index (χ4v) is 4.97. The Morgan fingerprint density at radius 3 is 2.55 bits per heavy atom. The first-order valence-electron chi connectivity index (χ1n) is 10.6. The van der Waals surface area contributed by atoms with Crippen LogP contribution in [0.4, 0.5) is 5.69 Å². The number of likely N-dealkylation sites (N-methyl/N-ethyl adjacent to an activating group) is 1. The Labute approximate surface area is 182 Å². The van der Waals surface area contributed by atoms with Gasteiger partial charge in [0.2, 0.25) is 0 Å². The summed E-state index contributed by atoms with van der Waals surface area (Å²) in [5, 5.41) is 10.1. The molecule has 1 aliphatic carbocycles. The van der Waals surface area contributed by atoms with E-state index in [1.807, 2.05) is 24.3 Å². The maximum atomic E-state index is 13.8. The zero-order valence-corrected chi connectivity index (χ0v) is 18.4. The van der Waals surface area contributed by atoms with Crippen LogP contribution in [0.3, 0.4) is 0 Å². The lowest BCUT2D eigenvalue weighted by Crippen LogP contribution is -2.44. The normalized spacial score (nSPS) is 17.9. The third-order valence-corrected chi connectivity index (χ3v) is 6.86. The second kappa shape index (κ2) is 6.86. The number of nitrogens with zero attached hydrogens (tertiary/aromatic N) is 3. The zero-order chi connectivity index (χ0) is 21.9. The molecule has 31 heavy (non-hydrogen) atoms. The molecule has 158 valence electrons. The van der Waals surface area contributed by atoms with Crippen molar-refractivity contribution in [3.8, 4) is 11.8 Å². The molecule has 1 aromatic heterocycles. The number of hydrogen-bond acceptors (Lipinski definition) is 5. The summed E-state index contributed by atoms with van der Waals surface area (Å²) in [5.41, 5.74) is 5.28. The average molecular weight is 415 g/mol. The van der Waals surface area contributed by atoms with Crippen molar-refractivity contribution in [3.63, 3.8) is 0 Å². The van der Waals surface area contributed by atoms with Crippen LogP contribution in [0.25, 0.3) is 10.9 Å². The summed E-state index contributed by atoms with van der Waals surface area (Å²) in [6.45, 7) is 8.03. The van der Waals surface area contributed by atoms with Gasteiger partial charge in [-0.05, 0) is 36.9 Å². The van der Waals surface area contributed by atoms with Gasteiger partial charge >= 0.3 is 0 Å². The summed E-state index contributed by atoms with van der Waals surface area (Å²) < 4.78 is 5.78. The molecule has 0 saturated carbocycles. The first-order chi connectivity index (χ1) is 14.8. The minimum Gasteiger partial charge on any atom is -0.495 e. The van der Waals surface area contributed by atoms with Gasteiger partial charge in [-0.25, -0.2) is 0 Å². The van der Waals surface area contributed by atoms with E-state index in [4.69, 9.17) is 4.74 Å². The van der Waals surface area contributed by atoms with E-state index in [1.165, 1.54) is 0 Å². The molecule has 0 radical (unpaired) electrons. The number of piperazine rings is 1. The Kier molecular flexibility index (Phi) is 4.35. The summed E-state index contributed by atoms with van der Waals surface area (Å²) in [6.07, 6.45) is 0. The first kappa shape index (κ1) is 19.7. The predicted octanol–water partition coefficient (Wildman–Crippen LogP) is 3.67. The van der Waals surface area contributed by atoms with Crippen molar-refractivity contribution < 1.29 is 9.53 Å². The molecule has 0 amide bonds. The largest absolute Gasteiger partial charge is 0.495 e. The number of aromatic amines is 1. The Hall–Kier alpha value is -3.30. The van der Waals surface area contributed by atoms with E-state index in [0.717, 1.165) is 65.3 Å². The number of ether oxygens (including phenoxy) is 1. The molecule has 1 aliphatic heterocycles. The lowest BCUT2D eigenvalue weighted by molar-refractivity contribution is 0.103. The molecule has 2 heterocycles. The fourth-order valence-electron chi connectivity index (χ4n) is 4.97. The summed E-state index contributed by atoms with van der Waals surface area (Å²) in [5.74, 6) is 0.828. The van der Waals surface area contributed by atoms with Crippen LogP contribution in [0.15, 0.2) is 30.3 Å². The van der Waals surface area contributed by atoms with Crippen LogP contribution in [0, 0.1) is 11.3 Å². The van der Waals surface area contributed by atoms with Crippen molar-refractivity contribution in [3.05, 3.63) is 58.3 Å². The molecule has 1 fully saturated rings. The molecule has 1 N–H and O–H groups in total. The summed E-state index contributed by atoms with van der Waals surface area (Å²) in [7, 11) is 3.82. The van der Waals surface area contributed by atoms with E-state index >= 15 is 0 Å². The maximum absolute atomic E-state index is 13.8. The number of nitrogens with one attached hydrogen (secondary N) is 1. The van der Waals surface area contributed by atoms with Crippen molar-refractivity contribution in [1.29, 1.82) is 5.26 Å². The van der Waals surface area contributed by atoms with E-state index in [9.17, 15) is 10.1 Å². The van der Waals surface area contributed by atoms with Crippen LogP contribution in [0.2, 0.25) is 0 Å². The van der Waals surface area contributed by atoms with Crippen LogP contribution >= 0.6 is 0 Å². The summed E-state index contributed by atoms with van der Waals surface area (Å²) >= 11 is 0. The third kappa shape index (κ3) is 2.84. The van der Waals surface area contributed by atoms with Gasteiger partial charge in [0.1, 0.15) is 5.75 Å². The third-order valence-electron chi connectivity index (χ3n) is 6.86. The van der Waals surface area contributed by atoms with Gasteiger partial charge < -0.3 is 19.5 Å². The molecule has 0 unspecified atom stereocenters. The number of fused-ring (bicyclic) bond motifs is 4. The maximum Gasteiger partial charge on any atom is 0.195 e. The Morgan fingerprint density at radius 1 is 1.13 bits per heavy atom. The molecule has 1 saturated heterocycles. The van der Waals surface area contributed by atoms with E-state index in [1.54, 1.807) is 13.2 Å². The second-order valence-electron chi connectivity index (χ2n) is 9.06. The molecule has 2 aliphatic rings. The summed E-state index contributed by atoms with van der Waals surface area (Å²) in [4.78, 5) is 21.8. The molecule has 0 atom stereocenters. The van der Waals surface area contributed by atoms with Crippen molar-refractivity contribution in [2.45, 2.75) is 19.3 Å². The molecule has 5 rings (SSSR count). The van der Waals surface area contributed by atoms with Crippen molar-refractivity contribution in [2.75, 3.05) is 45.2 Å². The molecular weight excluding hydrogens is 388 g/mol. The molecule has 0 spiro atoms. The second-order valence-corrected chi connectivity index (χ2v) is 9.06. The topological polar surface area (TPSA) is 72.4 Å². The van der Waals surface area contributed by atoms with E-state index in [0.29, 0.717) is 11.1 Å². The number of rotatable bonds is 2. The first-order valence-corrected chi connectivity index (χ1v) is 10.6. The summed E-state index contributed by atoms with van der Waals surface area (Å²) in [6, 6.07) is 11.7. The van der Waals surface area contributed by atoms with Crippen LogP contribution in [-0.4, -0.2) is 56.0 Å². The number of benzene rings is 2. The smallest absolute Gasteiger partial charge is 0.195 e. The van der Waals surface area contributed by atoms with Gasteiger partial charge in [-0.2, -0.15) is 5.26 Å². The van der Waals surface area contributed by atoms with Gasteiger partial charge in [0.05, 0.1) is 30.0 Å². The quantitative estimate of drug-likeness (QED) is 0.693. The van der Waals surface area contributed by atoms with Gasteiger partial charge in [-0.15, -0.1) is 0 Å². The molecular formula is C25H26N4O2. The minimum absolute atomic E-state index is 0.0262. The van der Waals surface area contributed by atoms with E-state index in [2.05, 4.69) is 41.7 Å². The highest BCUT2D eigenvalue weighted by Gasteiger charge is 2.41. The number of carbonyl (C=O) groups is 1. The van der Waals surface area contributed by atoms with Crippen LogP contribution in [0.1, 0.15) is 46.6 Å². The van der Waals surface area contributed by atoms with Gasteiger partial charge in [0.15, 0.2) is 5.78 Å². The number of aromatic nitrogens is 1. The molecule has 3 aromatic rings. The Bertz CT molecular complexity index is 1260. The van der Waals surface area contributed by atoms with Gasteiger partial charge in [0, 0.05) is 53.8 Å². The predicted molar refractivity (Wildman–Crippen MR) is 121 cm³/mol. The standard InChI is InChI=1S/C25H26N4O2/c1-25(2)18-13-21(31-4)20(29-9-7-28(3)8-10-29)12-17(18)23(30)22-16-6-5-15(14-26)11-19(16)27-24(22)25/h5-6,11-13,27H,7-10H2,1-4H3. The molecule has 6 nitrogen and oxygen atoms in total. The highest BCUT2D eigenvalue weighted by Crippen LogP contribution is 2.47. The number of methoxy groups -OCH3 is 1. The van der Waals surface area contributed by atoms with Crippen molar-refractivity contribution in [1.82, 2.24) is 9.88 Å².